The number of aryl methyl sites for hydroxylation is 1. The number of nitrogens with zero attached hydrogens (tertiary/aromatic N) is 1. The van der Waals surface area contributed by atoms with Gasteiger partial charge in [0.25, 0.3) is 5.91 Å². The van der Waals surface area contributed by atoms with E-state index in [1.165, 1.54) is 6.20 Å². The van der Waals surface area contributed by atoms with Gasteiger partial charge in [-0.2, -0.15) is 11.8 Å². The largest absolute Gasteiger partial charge is 0.352 e. The Labute approximate surface area is 111 Å². The van der Waals surface area contributed by atoms with Gasteiger partial charge < -0.3 is 5.32 Å². The maximum atomic E-state index is 11.8. The number of amides is 1. The molecule has 0 aromatic carbocycles. The van der Waals surface area contributed by atoms with Gasteiger partial charge in [0.05, 0.1) is 10.6 Å². The second-order valence-corrected chi connectivity index (χ2v) is 5.15. The number of unbranched alkanes of at least 4 members (excludes halogenated alkanes) is 1. The van der Waals surface area contributed by atoms with Gasteiger partial charge in [0.15, 0.2) is 0 Å². The molecule has 1 rings (SSSR count). The van der Waals surface area contributed by atoms with Crippen molar-refractivity contribution < 1.29 is 4.79 Å². The van der Waals surface area contributed by atoms with Gasteiger partial charge in [-0.3, -0.25) is 9.78 Å². The van der Waals surface area contributed by atoms with E-state index in [9.17, 15) is 4.79 Å². The van der Waals surface area contributed by atoms with Crippen molar-refractivity contribution in [3.63, 3.8) is 0 Å². The lowest BCUT2D eigenvalue weighted by Crippen LogP contribution is -2.25. The van der Waals surface area contributed by atoms with Crippen molar-refractivity contribution in [1.29, 1.82) is 0 Å². The molecule has 5 heteroatoms. The first-order chi connectivity index (χ1) is 8.15. The van der Waals surface area contributed by atoms with Crippen LogP contribution in [0, 0.1) is 6.92 Å². The average molecular weight is 273 g/mol. The van der Waals surface area contributed by atoms with Crippen LogP contribution in [0.2, 0.25) is 5.02 Å². The number of halogens is 1. The van der Waals surface area contributed by atoms with Crippen molar-refractivity contribution in [2.24, 2.45) is 0 Å². The monoisotopic (exact) mass is 272 g/mol. The lowest BCUT2D eigenvalue weighted by atomic mass is 10.2. The molecule has 0 radical (unpaired) electrons. The Kier molecular flexibility index (Phi) is 6.37. The van der Waals surface area contributed by atoms with Crippen LogP contribution in [0.5, 0.6) is 0 Å². The van der Waals surface area contributed by atoms with Crippen molar-refractivity contribution in [1.82, 2.24) is 10.3 Å². The fourth-order valence-electron chi connectivity index (χ4n) is 1.36. The maximum Gasteiger partial charge on any atom is 0.254 e. The van der Waals surface area contributed by atoms with E-state index in [0.717, 1.165) is 24.3 Å². The molecule has 0 atom stereocenters. The molecule has 0 aliphatic rings. The molecular formula is C12H17ClN2OS. The second kappa shape index (κ2) is 7.56. The topological polar surface area (TPSA) is 42.0 Å². The molecule has 0 fully saturated rings. The molecule has 1 aromatic heterocycles. The number of hydrogen-bond acceptors (Lipinski definition) is 3. The van der Waals surface area contributed by atoms with E-state index >= 15 is 0 Å². The third kappa shape index (κ3) is 4.96. The summed E-state index contributed by atoms with van der Waals surface area (Å²) >= 11 is 7.80. The Balaban J connectivity index is 2.42. The Bertz CT molecular complexity index is 385. The summed E-state index contributed by atoms with van der Waals surface area (Å²) in [4.78, 5) is 15.8. The number of nitrogens with one attached hydrogen (secondary N) is 1. The van der Waals surface area contributed by atoms with E-state index in [-0.39, 0.29) is 5.91 Å². The van der Waals surface area contributed by atoms with Gasteiger partial charge in [-0.05, 0) is 37.8 Å². The highest BCUT2D eigenvalue weighted by atomic mass is 35.5. The lowest BCUT2D eigenvalue weighted by Gasteiger charge is -2.06. The van der Waals surface area contributed by atoms with Gasteiger partial charge in [-0.25, -0.2) is 0 Å². The first-order valence-corrected chi connectivity index (χ1v) is 7.31. The third-order valence-corrected chi connectivity index (χ3v) is 3.31. The molecule has 0 bridgehead atoms. The number of carbonyl (C=O) groups is 1. The predicted octanol–water partition coefficient (Wildman–Crippen LogP) is 2.92. The highest BCUT2D eigenvalue weighted by molar-refractivity contribution is 7.98. The molecular weight excluding hydrogens is 256 g/mol. The van der Waals surface area contributed by atoms with E-state index in [2.05, 4.69) is 16.6 Å². The van der Waals surface area contributed by atoms with Gasteiger partial charge in [0.1, 0.15) is 0 Å². The summed E-state index contributed by atoms with van der Waals surface area (Å²) in [5.41, 5.74) is 1.26. The summed E-state index contributed by atoms with van der Waals surface area (Å²) in [5.74, 6) is 0.981. The quantitative estimate of drug-likeness (QED) is 0.810. The number of carbonyl (C=O) groups excluding carboxylic acids is 1. The van der Waals surface area contributed by atoms with Gasteiger partial charge in [0.2, 0.25) is 0 Å². The molecule has 0 spiro atoms. The minimum absolute atomic E-state index is 0.147. The highest BCUT2D eigenvalue weighted by Gasteiger charge is 2.10. The molecule has 0 aliphatic heterocycles. The van der Waals surface area contributed by atoms with E-state index in [1.807, 2.05) is 18.7 Å². The SMILES string of the molecule is CSCCCCNC(=O)c1cnc(C)cc1Cl. The van der Waals surface area contributed by atoms with Gasteiger partial charge >= 0.3 is 0 Å². The molecule has 0 unspecified atom stereocenters. The molecule has 94 valence electrons. The van der Waals surface area contributed by atoms with E-state index in [4.69, 9.17) is 11.6 Å². The summed E-state index contributed by atoms with van der Waals surface area (Å²) in [7, 11) is 0. The van der Waals surface area contributed by atoms with Crippen LogP contribution in [0.4, 0.5) is 0 Å². The zero-order chi connectivity index (χ0) is 12.7. The number of thioether (sulfide) groups is 1. The predicted molar refractivity (Wildman–Crippen MR) is 73.9 cm³/mol. The first-order valence-electron chi connectivity index (χ1n) is 5.54. The highest BCUT2D eigenvalue weighted by Crippen LogP contribution is 2.15. The standard InChI is InChI=1S/C12H17ClN2OS/c1-9-7-11(13)10(8-15-9)12(16)14-5-3-4-6-17-2/h7-8H,3-6H2,1-2H3,(H,14,16). The molecule has 0 aliphatic carbocycles. The van der Waals surface area contributed by atoms with Gasteiger partial charge in [0, 0.05) is 18.4 Å². The number of hydrogen-bond donors (Lipinski definition) is 1. The first kappa shape index (κ1) is 14.3. The zero-order valence-electron chi connectivity index (χ0n) is 10.1. The van der Waals surface area contributed by atoms with Gasteiger partial charge in [-0.15, -0.1) is 0 Å². The maximum absolute atomic E-state index is 11.8. The van der Waals surface area contributed by atoms with Crippen LogP contribution in [0.25, 0.3) is 0 Å². The average Bonchev–Trinajstić information content (AvgIpc) is 2.28. The van der Waals surface area contributed by atoms with Crippen LogP contribution in [0.3, 0.4) is 0 Å². The Hall–Kier alpha value is -0.740. The van der Waals surface area contributed by atoms with Crippen LogP contribution < -0.4 is 5.32 Å². The molecule has 1 heterocycles. The minimum atomic E-state index is -0.147. The van der Waals surface area contributed by atoms with Crippen LogP contribution in [0.1, 0.15) is 28.9 Å². The molecule has 3 nitrogen and oxygen atoms in total. The van der Waals surface area contributed by atoms with Crippen LogP contribution in [-0.2, 0) is 0 Å². The molecule has 1 aromatic rings. The van der Waals surface area contributed by atoms with Crippen molar-refractivity contribution in [2.45, 2.75) is 19.8 Å². The number of aromatic nitrogens is 1. The minimum Gasteiger partial charge on any atom is -0.352 e. The van der Waals surface area contributed by atoms with Crippen LogP contribution in [0.15, 0.2) is 12.3 Å². The molecule has 0 saturated heterocycles. The Morgan fingerprint density at radius 3 is 2.94 bits per heavy atom. The molecule has 17 heavy (non-hydrogen) atoms. The summed E-state index contributed by atoms with van der Waals surface area (Å²) in [5, 5.41) is 3.30. The van der Waals surface area contributed by atoms with E-state index < -0.39 is 0 Å². The lowest BCUT2D eigenvalue weighted by molar-refractivity contribution is 0.0953. The number of pyridine rings is 1. The van der Waals surface area contributed by atoms with Crippen molar-refractivity contribution >= 4 is 29.3 Å². The van der Waals surface area contributed by atoms with Crippen LogP contribution in [-0.4, -0.2) is 29.4 Å². The van der Waals surface area contributed by atoms with Crippen molar-refractivity contribution in [3.8, 4) is 0 Å². The fraction of sp³-hybridized carbons (Fsp3) is 0.500. The second-order valence-electron chi connectivity index (χ2n) is 3.76. The normalized spacial score (nSPS) is 10.3. The summed E-state index contributed by atoms with van der Waals surface area (Å²) < 4.78 is 0. The molecule has 1 N–H and O–H groups in total. The zero-order valence-corrected chi connectivity index (χ0v) is 11.7. The molecule has 1 amide bonds. The summed E-state index contributed by atoms with van der Waals surface area (Å²) in [6, 6.07) is 1.70. The fourth-order valence-corrected chi connectivity index (χ4v) is 2.15. The van der Waals surface area contributed by atoms with E-state index in [0.29, 0.717) is 17.1 Å². The third-order valence-electron chi connectivity index (χ3n) is 2.30. The number of rotatable bonds is 6. The Morgan fingerprint density at radius 2 is 2.29 bits per heavy atom. The Morgan fingerprint density at radius 1 is 1.53 bits per heavy atom. The van der Waals surface area contributed by atoms with Gasteiger partial charge in [-0.1, -0.05) is 11.6 Å². The van der Waals surface area contributed by atoms with Crippen molar-refractivity contribution in [3.05, 3.63) is 28.5 Å². The smallest absolute Gasteiger partial charge is 0.254 e. The summed E-state index contributed by atoms with van der Waals surface area (Å²) in [6.07, 6.45) is 5.70. The van der Waals surface area contributed by atoms with Crippen LogP contribution >= 0.6 is 23.4 Å². The summed E-state index contributed by atoms with van der Waals surface area (Å²) in [6.45, 7) is 2.53. The van der Waals surface area contributed by atoms with Crippen molar-refractivity contribution in [2.75, 3.05) is 18.6 Å². The molecule has 0 saturated carbocycles. The van der Waals surface area contributed by atoms with E-state index in [1.54, 1.807) is 6.07 Å².